The number of fused-ring (bicyclic) bond motifs is 6. The van der Waals surface area contributed by atoms with Gasteiger partial charge in [0, 0.05) is 37.5 Å². The summed E-state index contributed by atoms with van der Waals surface area (Å²) in [6, 6.07) is 0.839. The molecule has 1 amide bonds. The summed E-state index contributed by atoms with van der Waals surface area (Å²) in [5, 5.41) is 10.7. The van der Waals surface area contributed by atoms with E-state index >= 15 is 0 Å². The second-order valence-electron chi connectivity index (χ2n) is 6.88. The molecular weight excluding hydrogens is 240 g/mol. The van der Waals surface area contributed by atoms with Crippen molar-refractivity contribution >= 4 is 5.91 Å². The van der Waals surface area contributed by atoms with E-state index in [0.29, 0.717) is 29.8 Å². The molecule has 0 aromatic carbocycles. The normalized spacial score (nSPS) is 46.7. The lowest BCUT2D eigenvalue weighted by molar-refractivity contribution is -0.185. The van der Waals surface area contributed by atoms with Gasteiger partial charge in [0.1, 0.15) is 6.23 Å². The van der Waals surface area contributed by atoms with Crippen LogP contribution in [0, 0.1) is 11.8 Å². The van der Waals surface area contributed by atoms with Gasteiger partial charge in [-0.1, -0.05) is 6.42 Å². The Morgan fingerprint density at radius 1 is 1.11 bits per heavy atom. The fourth-order valence-corrected chi connectivity index (χ4v) is 5.12. The molecule has 1 N–H and O–H groups in total. The van der Waals surface area contributed by atoms with Gasteiger partial charge in [0.2, 0.25) is 5.91 Å². The first kappa shape index (κ1) is 12.2. The minimum atomic E-state index is -0.305. The number of rotatable bonds is 0. The highest BCUT2D eigenvalue weighted by molar-refractivity contribution is 5.77. The Labute approximate surface area is 114 Å². The van der Waals surface area contributed by atoms with Gasteiger partial charge in [-0.25, -0.2) is 0 Å². The Kier molecular flexibility index (Phi) is 2.85. The first-order chi connectivity index (χ1) is 9.25. The molecule has 4 aliphatic rings. The van der Waals surface area contributed by atoms with Crippen LogP contribution >= 0.6 is 0 Å². The van der Waals surface area contributed by atoms with E-state index in [0.717, 1.165) is 38.8 Å². The third-order valence-corrected chi connectivity index (χ3v) is 5.97. The molecule has 0 aromatic heterocycles. The summed E-state index contributed by atoms with van der Waals surface area (Å²) in [7, 11) is 0. The van der Waals surface area contributed by atoms with E-state index in [1.165, 1.54) is 19.3 Å². The second kappa shape index (κ2) is 4.45. The summed E-state index contributed by atoms with van der Waals surface area (Å²) in [4.78, 5) is 16.6. The predicted octanol–water partition coefficient (Wildman–Crippen LogP) is 1.19. The molecule has 106 valence electrons. The van der Waals surface area contributed by atoms with E-state index in [1.54, 1.807) is 0 Å². The topological polar surface area (TPSA) is 43.8 Å². The number of carbonyl (C=O) groups is 1. The molecule has 5 atom stereocenters. The average Bonchev–Trinajstić information content (AvgIpc) is 2.45. The van der Waals surface area contributed by atoms with Crippen molar-refractivity contribution in [3.63, 3.8) is 0 Å². The Morgan fingerprint density at radius 3 is 2.84 bits per heavy atom. The van der Waals surface area contributed by atoms with Crippen LogP contribution in [0.3, 0.4) is 0 Å². The summed E-state index contributed by atoms with van der Waals surface area (Å²) >= 11 is 0. The fourth-order valence-electron chi connectivity index (χ4n) is 5.12. The van der Waals surface area contributed by atoms with Crippen LogP contribution in [0.25, 0.3) is 0 Å². The zero-order valence-corrected chi connectivity index (χ0v) is 11.5. The molecule has 4 nitrogen and oxygen atoms in total. The van der Waals surface area contributed by atoms with Crippen molar-refractivity contribution in [2.24, 2.45) is 11.8 Å². The third kappa shape index (κ3) is 1.76. The van der Waals surface area contributed by atoms with Crippen LogP contribution < -0.4 is 0 Å². The van der Waals surface area contributed by atoms with E-state index in [9.17, 15) is 9.90 Å². The van der Waals surface area contributed by atoms with E-state index in [1.807, 2.05) is 0 Å². The summed E-state index contributed by atoms with van der Waals surface area (Å²) < 4.78 is 0. The van der Waals surface area contributed by atoms with Gasteiger partial charge in [-0.2, -0.15) is 0 Å². The number of amides is 1. The van der Waals surface area contributed by atoms with Crippen LogP contribution in [0.1, 0.15) is 44.9 Å². The number of hydrogen-bond donors (Lipinski definition) is 1. The van der Waals surface area contributed by atoms with Crippen molar-refractivity contribution in [2.75, 3.05) is 13.1 Å². The number of nitrogens with zero attached hydrogens (tertiary/aromatic N) is 2. The number of carbonyl (C=O) groups excluding carboxylic acids is 1. The first-order valence-electron chi connectivity index (χ1n) is 7.99. The molecule has 4 rings (SSSR count). The van der Waals surface area contributed by atoms with Crippen LogP contribution in [0.15, 0.2) is 0 Å². The van der Waals surface area contributed by atoms with E-state index in [-0.39, 0.29) is 6.23 Å². The van der Waals surface area contributed by atoms with Crippen molar-refractivity contribution in [2.45, 2.75) is 63.3 Å². The van der Waals surface area contributed by atoms with Crippen LogP contribution in [0.4, 0.5) is 0 Å². The Bertz CT molecular complexity index is 386. The van der Waals surface area contributed by atoms with E-state index in [4.69, 9.17) is 0 Å². The summed E-state index contributed by atoms with van der Waals surface area (Å²) in [6.07, 6.45) is 7.38. The van der Waals surface area contributed by atoms with Gasteiger partial charge in [0.25, 0.3) is 0 Å². The highest BCUT2D eigenvalue weighted by atomic mass is 16.3. The molecular formula is C15H24N2O2. The molecule has 4 fully saturated rings. The van der Waals surface area contributed by atoms with Gasteiger partial charge in [-0.05, 0) is 38.0 Å². The van der Waals surface area contributed by atoms with E-state index in [2.05, 4.69) is 9.80 Å². The Balaban J connectivity index is 1.64. The van der Waals surface area contributed by atoms with Gasteiger partial charge in [-0.15, -0.1) is 0 Å². The standard InChI is InChI=1S/C15H24N2O2/c18-14-6-3-5-13-11-8-10(9-17(13)14)12-4-1-2-7-16(12)15(11)19/h10-13,15,19H,1-9H2. The van der Waals surface area contributed by atoms with Crippen LogP contribution in [0.5, 0.6) is 0 Å². The number of piperidine rings is 4. The maximum atomic E-state index is 12.2. The zero-order chi connectivity index (χ0) is 13.0. The fraction of sp³-hybridized carbons (Fsp3) is 0.933. The van der Waals surface area contributed by atoms with Gasteiger partial charge < -0.3 is 10.0 Å². The minimum absolute atomic E-state index is 0.303. The maximum Gasteiger partial charge on any atom is 0.222 e. The summed E-state index contributed by atoms with van der Waals surface area (Å²) in [6.45, 7) is 2.01. The maximum absolute atomic E-state index is 12.2. The molecule has 0 spiro atoms. The molecule has 4 saturated heterocycles. The number of aliphatic hydroxyl groups is 1. The minimum Gasteiger partial charge on any atom is -0.378 e. The lowest BCUT2D eigenvalue weighted by Gasteiger charge is -2.58. The highest BCUT2D eigenvalue weighted by Gasteiger charge is 2.52. The second-order valence-corrected chi connectivity index (χ2v) is 6.88. The van der Waals surface area contributed by atoms with Crippen molar-refractivity contribution in [1.29, 1.82) is 0 Å². The first-order valence-corrected chi connectivity index (χ1v) is 7.99. The smallest absolute Gasteiger partial charge is 0.222 e. The molecule has 4 heteroatoms. The predicted molar refractivity (Wildman–Crippen MR) is 71.3 cm³/mol. The summed E-state index contributed by atoms with van der Waals surface area (Å²) in [5.41, 5.74) is 0. The lowest BCUT2D eigenvalue weighted by atomic mass is 9.70. The zero-order valence-electron chi connectivity index (χ0n) is 11.5. The van der Waals surface area contributed by atoms with Crippen LogP contribution in [0.2, 0.25) is 0 Å². The largest absolute Gasteiger partial charge is 0.378 e. The molecule has 0 aliphatic carbocycles. The van der Waals surface area contributed by atoms with Crippen molar-refractivity contribution in [1.82, 2.24) is 9.80 Å². The highest BCUT2D eigenvalue weighted by Crippen LogP contribution is 2.45. The van der Waals surface area contributed by atoms with Crippen molar-refractivity contribution < 1.29 is 9.90 Å². The van der Waals surface area contributed by atoms with Gasteiger partial charge in [0.15, 0.2) is 0 Å². The van der Waals surface area contributed by atoms with Crippen LogP contribution in [-0.2, 0) is 4.79 Å². The molecule has 0 saturated carbocycles. The average molecular weight is 264 g/mol. The number of hydrogen-bond acceptors (Lipinski definition) is 3. The van der Waals surface area contributed by atoms with Crippen molar-refractivity contribution in [3.8, 4) is 0 Å². The molecule has 4 heterocycles. The molecule has 5 unspecified atom stereocenters. The summed E-state index contributed by atoms with van der Waals surface area (Å²) in [5.74, 6) is 1.24. The molecule has 0 aromatic rings. The molecule has 4 aliphatic heterocycles. The number of aliphatic hydroxyl groups excluding tert-OH is 1. The molecule has 0 radical (unpaired) electrons. The van der Waals surface area contributed by atoms with Gasteiger partial charge >= 0.3 is 0 Å². The third-order valence-electron chi connectivity index (χ3n) is 5.97. The monoisotopic (exact) mass is 264 g/mol. The Hall–Kier alpha value is -0.610. The van der Waals surface area contributed by atoms with E-state index < -0.39 is 0 Å². The quantitative estimate of drug-likeness (QED) is 0.715. The molecule has 2 bridgehead atoms. The lowest BCUT2D eigenvalue weighted by Crippen LogP contribution is -2.68. The Morgan fingerprint density at radius 2 is 1.95 bits per heavy atom. The van der Waals surface area contributed by atoms with Gasteiger partial charge in [0.05, 0.1) is 0 Å². The van der Waals surface area contributed by atoms with Gasteiger partial charge in [-0.3, -0.25) is 9.69 Å². The van der Waals surface area contributed by atoms with Crippen LogP contribution in [-0.4, -0.2) is 52.2 Å². The SMILES string of the molecule is O=C1CCCC2C3CC(CN12)C1CCCCN1C3O. The molecule has 19 heavy (non-hydrogen) atoms. The van der Waals surface area contributed by atoms with Crippen molar-refractivity contribution in [3.05, 3.63) is 0 Å².